The Hall–Kier alpha value is -9.14. The molecule has 1 aliphatic carbocycles. The third kappa shape index (κ3) is 7.78. The summed E-state index contributed by atoms with van der Waals surface area (Å²) in [5.41, 5.74) is 21.8. The smallest absolute Gasteiger partial charge is 0.163 e. The Morgan fingerprint density at radius 3 is 2.36 bits per heavy atom. The molecule has 12 aromatic rings. The van der Waals surface area contributed by atoms with Crippen LogP contribution in [0.4, 0.5) is 5.69 Å². The van der Waals surface area contributed by atoms with Crippen LogP contribution in [0.25, 0.3) is 106 Å². The number of para-hydroxylation sites is 1. The molecule has 0 saturated heterocycles. The first-order valence-electron chi connectivity index (χ1n) is 27.6. The number of allylic oxidation sites excluding steroid dienone is 4. The van der Waals surface area contributed by atoms with E-state index in [1.54, 1.807) is 6.33 Å². The van der Waals surface area contributed by atoms with Crippen molar-refractivity contribution >= 4 is 95.8 Å². The fraction of sp³-hybridized carbons (Fsp3) is 0.197. The van der Waals surface area contributed by atoms with E-state index in [2.05, 4.69) is 212 Å². The van der Waals surface area contributed by atoms with Gasteiger partial charge in [0, 0.05) is 89.7 Å². The fourth-order valence-electron chi connectivity index (χ4n) is 12.5. The van der Waals surface area contributed by atoms with Gasteiger partial charge >= 0.3 is 0 Å². The number of furan rings is 1. The Morgan fingerprint density at radius 2 is 1.50 bits per heavy atom. The van der Waals surface area contributed by atoms with E-state index in [1.807, 2.05) is 23.9 Å². The molecule has 2 aliphatic heterocycles. The summed E-state index contributed by atoms with van der Waals surface area (Å²) in [6.07, 6.45) is 16.9. The first-order chi connectivity index (χ1) is 39.3. The molecule has 0 spiro atoms. The van der Waals surface area contributed by atoms with E-state index in [4.69, 9.17) is 19.4 Å². The molecule has 15 rings (SSSR count). The number of thiol groups is 1. The number of fused-ring (bicyclic) bond motifs is 9. The van der Waals surface area contributed by atoms with E-state index in [0.717, 1.165) is 179 Å². The predicted octanol–water partition coefficient (Wildman–Crippen LogP) is 14.3. The number of benzene rings is 5. The number of aromatic nitrogens is 10. The highest BCUT2D eigenvalue weighted by Gasteiger charge is 2.29. The van der Waals surface area contributed by atoms with E-state index in [1.165, 1.54) is 22.4 Å². The van der Waals surface area contributed by atoms with E-state index in [0.29, 0.717) is 6.04 Å². The molecule has 9 heterocycles. The van der Waals surface area contributed by atoms with Crippen LogP contribution in [0.3, 0.4) is 0 Å². The van der Waals surface area contributed by atoms with Gasteiger partial charge in [-0.05, 0) is 164 Å². The molecule has 7 aromatic heterocycles. The molecule has 0 radical (unpaired) electrons. The van der Waals surface area contributed by atoms with Gasteiger partial charge < -0.3 is 27.6 Å². The second kappa shape index (κ2) is 19.1. The van der Waals surface area contributed by atoms with Crippen molar-refractivity contribution in [3.63, 3.8) is 0 Å². The summed E-state index contributed by atoms with van der Waals surface area (Å²) in [5.74, 6) is 3.56. The number of aliphatic imine (C=N–C) groups is 1. The third-order valence-electron chi connectivity index (χ3n) is 16.8. The number of nitrogens with zero attached hydrogens (tertiary/aromatic N) is 12. The van der Waals surface area contributed by atoms with Crippen molar-refractivity contribution in [2.24, 2.45) is 19.1 Å². The van der Waals surface area contributed by atoms with E-state index >= 15 is 0 Å². The van der Waals surface area contributed by atoms with Crippen LogP contribution in [-0.2, 0) is 26.9 Å². The molecule has 3 aliphatic rings. The van der Waals surface area contributed by atoms with Crippen LogP contribution in [0, 0.1) is 0 Å². The lowest BCUT2D eigenvalue weighted by Crippen LogP contribution is -2.22. The molecular weight excluding hydrogens is 1010 g/mol. The molecule has 0 amide bonds. The van der Waals surface area contributed by atoms with Crippen molar-refractivity contribution in [1.29, 1.82) is 0 Å². The SMILES string of the molecule is CC1CC=C(c2ccccc2-n2c3c(c4nc(-c5cccc(-c6nncn6C)c5)ccc42)N=C(c2ccc4oc5ccc(-n6c7ccc(C8=CCCC(c9nnc(CCCS)n9C)=C8)cc7c7ncccc76)cc5c4c2)CC3)N1C. The van der Waals surface area contributed by atoms with Crippen molar-refractivity contribution in [2.45, 2.75) is 57.9 Å². The lowest BCUT2D eigenvalue weighted by Gasteiger charge is -2.25. The summed E-state index contributed by atoms with van der Waals surface area (Å²) in [4.78, 5) is 18.6. The van der Waals surface area contributed by atoms with Crippen LogP contribution < -0.4 is 0 Å². The fourth-order valence-corrected chi connectivity index (χ4v) is 12.7. The van der Waals surface area contributed by atoms with Gasteiger partial charge in [-0.2, -0.15) is 12.6 Å². The zero-order valence-corrected chi connectivity index (χ0v) is 45.9. The topological polar surface area (TPSA) is 126 Å². The van der Waals surface area contributed by atoms with Gasteiger partial charge in [-0.15, -0.1) is 20.4 Å². The largest absolute Gasteiger partial charge is 0.456 e. The van der Waals surface area contributed by atoms with Gasteiger partial charge in [-0.25, -0.2) is 9.98 Å². The van der Waals surface area contributed by atoms with Crippen LogP contribution in [-0.4, -0.2) is 78.1 Å². The standard InChI is InChI=1S/C66H56N12OS/c1-39-19-25-53(75(39)3)47-15-5-6-16-54(47)78-57-27-23-51(42-12-8-13-44(34-42)65-72-68-38-74(65)2)69-63(57)64-58(78)28-24-52(70-64)43-21-29-59-48(36-43)49-37-46(22-30-60(49)79-59)77-55-26-20-41(35-50(55)62-56(77)17-9-31-67-62)40-11-7-14-45(33-40)66-73-71-61(76(66)4)18-10-32-80/h5-6,8-9,11-13,15-17,20-23,25-27,29-31,33-39,80H,7,10,14,18-19,24,28,32H2,1-4H3. The van der Waals surface area contributed by atoms with Crippen molar-refractivity contribution in [3.05, 3.63) is 192 Å². The number of rotatable bonds is 11. The summed E-state index contributed by atoms with van der Waals surface area (Å²) >= 11 is 4.42. The molecule has 0 fully saturated rings. The molecule has 0 bridgehead atoms. The predicted molar refractivity (Wildman–Crippen MR) is 325 cm³/mol. The lowest BCUT2D eigenvalue weighted by molar-refractivity contribution is 0.399. The Balaban J connectivity index is 0.826. The maximum atomic E-state index is 6.60. The average Bonchev–Trinajstić information content (AvgIpc) is 4.51. The van der Waals surface area contributed by atoms with Crippen molar-refractivity contribution < 1.29 is 4.42 Å². The summed E-state index contributed by atoms with van der Waals surface area (Å²) < 4.78 is 15.4. The second-order valence-electron chi connectivity index (χ2n) is 21.5. The van der Waals surface area contributed by atoms with Gasteiger partial charge in [0.15, 0.2) is 11.6 Å². The van der Waals surface area contributed by atoms with Crippen molar-refractivity contribution in [1.82, 2.24) is 53.5 Å². The molecular formula is C66H56N12OS. The average molecular weight is 1070 g/mol. The number of pyridine rings is 2. The molecule has 14 heteroatoms. The van der Waals surface area contributed by atoms with E-state index < -0.39 is 0 Å². The maximum Gasteiger partial charge on any atom is 0.163 e. The van der Waals surface area contributed by atoms with Gasteiger partial charge in [-0.3, -0.25) is 4.98 Å². The van der Waals surface area contributed by atoms with Crippen molar-refractivity contribution in [3.8, 4) is 34.0 Å². The van der Waals surface area contributed by atoms with E-state index in [-0.39, 0.29) is 0 Å². The molecule has 392 valence electrons. The minimum Gasteiger partial charge on any atom is -0.456 e. The highest BCUT2D eigenvalue weighted by Crippen LogP contribution is 2.44. The summed E-state index contributed by atoms with van der Waals surface area (Å²) in [6.45, 7) is 2.29. The zero-order chi connectivity index (χ0) is 53.8. The van der Waals surface area contributed by atoms with Gasteiger partial charge in [0.2, 0.25) is 0 Å². The molecule has 0 N–H and O–H groups in total. The van der Waals surface area contributed by atoms with Gasteiger partial charge in [0.25, 0.3) is 0 Å². The van der Waals surface area contributed by atoms with Gasteiger partial charge in [0.05, 0.1) is 39.1 Å². The minimum absolute atomic E-state index is 0.425. The Kier molecular flexibility index (Phi) is 11.4. The Morgan fingerprint density at radius 1 is 0.675 bits per heavy atom. The Bertz CT molecular complexity index is 4650. The maximum absolute atomic E-state index is 6.60. The molecule has 1 atom stereocenters. The highest BCUT2D eigenvalue weighted by molar-refractivity contribution is 7.80. The van der Waals surface area contributed by atoms with Crippen LogP contribution in [0.1, 0.15) is 73.1 Å². The molecule has 13 nitrogen and oxygen atoms in total. The quantitative estimate of drug-likeness (QED) is 0.127. The lowest BCUT2D eigenvalue weighted by atomic mass is 9.93. The zero-order valence-electron chi connectivity index (χ0n) is 45.0. The first kappa shape index (κ1) is 48.0. The molecule has 80 heavy (non-hydrogen) atoms. The second-order valence-corrected chi connectivity index (χ2v) is 22.0. The van der Waals surface area contributed by atoms with Crippen LogP contribution in [0.2, 0.25) is 0 Å². The normalized spacial score (nSPS) is 15.6. The van der Waals surface area contributed by atoms with Crippen molar-refractivity contribution in [2.75, 3.05) is 12.8 Å². The van der Waals surface area contributed by atoms with Crippen LogP contribution in [0.5, 0.6) is 0 Å². The van der Waals surface area contributed by atoms with Crippen LogP contribution >= 0.6 is 12.6 Å². The number of hydrogen-bond donors (Lipinski definition) is 1. The highest BCUT2D eigenvalue weighted by atomic mass is 32.1. The molecule has 0 saturated carbocycles. The Labute approximate surface area is 467 Å². The van der Waals surface area contributed by atoms with E-state index in [9.17, 15) is 0 Å². The summed E-state index contributed by atoms with van der Waals surface area (Å²) in [7, 11) is 6.24. The minimum atomic E-state index is 0.425. The monoisotopic (exact) mass is 1060 g/mol. The first-order valence-corrected chi connectivity index (χ1v) is 28.3. The number of hydrogen-bond acceptors (Lipinski definition) is 10. The molecule has 5 aromatic carbocycles. The van der Waals surface area contributed by atoms with Gasteiger partial charge in [0.1, 0.15) is 34.5 Å². The summed E-state index contributed by atoms with van der Waals surface area (Å²) in [5, 5.41) is 20.9. The van der Waals surface area contributed by atoms with Crippen LogP contribution in [0.15, 0.2) is 168 Å². The third-order valence-corrected chi connectivity index (χ3v) is 17.1. The summed E-state index contributed by atoms with van der Waals surface area (Å²) in [6, 6.07) is 46.0. The number of aryl methyl sites for hydroxylation is 2. The van der Waals surface area contributed by atoms with Gasteiger partial charge in [-0.1, -0.05) is 54.6 Å². The molecule has 1 unspecified atom stereocenters.